The van der Waals surface area contributed by atoms with E-state index in [4.69, 9.17) is 9.47 Å². The van der Waals surface area contributed by atoms with Gasteiger partial charge in [-0.15, -0.1) is 0 Å². The molecule has 0 unspecified atom stereocenters. The molecule has 4 nitrogen and oxygen atoms in total. The lowest BCUT2D eigenvalue weighted by atomic mass is 9.88. The highest BCUT2D eigenvalue weighted by Gasteiger charge is 2.20. The second kappa shape index (κ2) is 20.2. The Bertz CT molecular complexity index is 464. The molecule has 0 amide bonds. The van der Waals surface area contributed by atoms with Gasteiger partial charge in [0.15, 0.2) is 0 Å². The lowest BCUT2D eigenvalue weighted by Gasteiger charge is -2.24. The molecule has 0 aromatic carbocycles. The van der Waals surface area contributed by atoms with Crippen molar-refractivity contribution in [1.29, 1.82) is 0 Å². The third kappa shape index (κ3) is 21.5. The van der Waals surface area contributed by atoms with Crippen molar-refractivity contribution in [2.75, 3.05) is 13.2 Å². The quantitative estimate of drug-likeness (QED) is 0.108. The molecule has 0 heterocycles. The van der Waals surface area contributed by atoms with E-state index in [1.165, 1.54) is 64.2 Å². The molecule has 0 spiro atoms. The molecule has 0 aromatic rings. The molecular weight excluding hydrogens is 424 g/mol. The first-order valence-electron chi connectivity index (χ1n) is 14.4. The van der Waals surface area contributed by atoms with Crippen LogP contribution in [0.5, 0.6) is 0 Å². The van der Waals surface area contributed by atoms with Gasteiger partial charge >= 0.3 is 11.9 Å². The van der Waals surface area contributed by atoms with Crippen molar-refractivity contribution in [2.45, 2.75) is 157 Å². The Morgan fingerprint density at radius 2 is 0.824 bits per heavy atom. The van der Waals surface area contributed by atoms with Gasteiger partial charge in [-0.3, -0.25) is 9.59 Å². The molecular formula is C30H58O4. The Morgan fingerprint density at radius 3 is 1.15 bits per heavy atom. The summed E-state index contributed by atoms with van der Waals surface area (Å²) in [5, 5.41) is 0. The van der Waals surface area contributed by atoms with Crippen molar-refractivity contribution in [2.24, 2.45) is 10.8 Å². The summed E-state index contributed by atoms with van der Waals surface area (Å²) in [6.45, 7) is 14.3. The van der Waals surface area contributed by atoms with Gasteiger partial charge in [0.05, 0.1) is 13.2 Å². The van der Waals surface area contributed by atoms with Crippen molar-refractivity contribution in [3.63, 3.8) is 0 Å². The van der Waals surface area contributed by atoms with Crippen LogP contribution in [-0.4, -0.2) is 25.2 Å². The summed E-state index contributed by atoms with van der Waals surface area (Å²) in [5.41, 5.74) is 0.179. The molecule has 0 N–H and O–H groups in total. The molecule has 34 heavy (non-hydrogen) atoms. The molecule has 0 fully saturated rings. The number of hydrogen-bond acceptors (Lipinski definition) is 4. The standard InChI is InChI=1S/C30H58O4/c1-7-9-19-23-29(3,4)25-33-27(31)21-17-15-13-11-12-14-16-18-22-28(32)34-26-30(5,6)24-20-10-8-2/h7-26H2,1-6H3. The van der Waals surface area contributed by atoms with Crippen LogP contribution in [0.15, 0.2) is 0 Å². The van der Waals surface area contributed by atoms with Gasteiger partial charge in [-0.2, -0.15) is 0 Å². The van der Waals surface area contributed by atoms with E-state index >= 15 is 0 Å². The lowest BCUT2D eigenvalue weighted by Crippen LogP contribution is -2.21. The molecule has 0 aliphatic heterocycles. The average molecular weight is 483 g/mol. The maximum absolute atomic E-state index is 12.0. The normalized spacial score (nSPS) is 12.1. The minimum Gasteiger partial charge on any atom is -0.465 e. The van der Waals surface area contributed by atoms with E-state index in [9.17, 15) is 9.59 Å². The van der Waals surface area contributed by atoms with Gasteiger partial charge < -0.3 is 9.47 Å². The first-order chi connectivity index (χ1) is 16.1. The highest BCUT2D eigenvalue weighted by molar-refractivity contribution is 5.69. The zero-order valence-electron chi connectivity index (χ0n) is 23.8. The average Bonchev–Trinajstić information content (AvgIpc) is 2.78. The number of ether oxygens (including phenoxy) is 2. The Hall–Kier alpha value is -1.06. The third-order valence-corrected chi connectivity index (χ3v) is 6.67. The second-order valence-electron chi connectivity index (χ2n) is 11.9. The number of unbranched alkanes of at least 4 members (excludes halogenated alkanes) is 11. The van der Waals surface area contributed by atoms with Gasteiger partial charge in [0.1, 0.15) is 0 Å². The van der Waals surface area contributed by atoms with Crippen LogP contribution in [-0.2, 0) is 19.1 Å². The number of hydrogen-bond donors (Lipinski definition) is 0. The van der Waals surface area contributed by atoms with Crippen molar-refractivity contribution in [3.8, 4) is 0 Å². The van der Waals surface area contributed by atoms with Crippen LogP contribution < -0.4 is 0 Å². The number of esters is 2. The van der Waals surface area contributed by atoms with E-state index in [0.717, 1.165) is 38.5 Å². The molecule has 4 heteroatoms. The van der Waals surface area contributed by atoms with Crippen molar-refractivity contribution >= 4 is 11.9 Å². The second-order valence-corrected chi connectivity index (χ2v) is 11.9. The lowest BCUT2D eigenvalue weighted by molar-refractivity contribution is -0.147. The number of carbonyl (C=O) groups is 2. The fourth-order valence-corrected chi connectivity index (χ4v) is 4.15. The Labute approximate surface area is 212 Å². The fourth-order valence-electron chi connectivity index (χ4n) is 4.15. The highest BCUT2D eigenvalue weighted by Crippen LogP contribution is 2.25. The molecule has 202 valence electrons. The number of carbonyl (C=O) groups excluding carboxylic acids is 2. The minimum absolute atomic E-state index is 0.0419. The molecule has 0 aliphatic rings. The SMILES string of the molecule is CCCCCC(C)(C)COC(=O)CCCCCCCCCCC(=O)OCC(C)(C)CCCCC. The van der Waals surface area contributed by atoms with E-state index in [1.807, 2.05) is 0 Å². The zero-order valence-corrected chi connectivity index (χ0v) is 23.8. The summed E-state index contributed by atoms with van der Waals surface area (Å²) in [7, 11) is 0. The van der Waals surface area contributed by atoms with Gasteiger partial charge in [0, 0.05) is 12.8 Å². The van der Waals surface area contributed by atoms with E-state index in [1.54, 1.807) is 0 Å². The monoisotopic (exact) mass is 482 g/mol. The first-order valence-corrected chi connectivity index (χ1v) is 14.4. The Morgan fingerprint density at radius 1 is 0.500 bits per heavy atom. The van der Waals surface area contributed by atoms with Crippen LogP contribution in [0, 0.1) is 10.8 Å². The molecule has 0 aromatic heterocycles. The van der Waals surface area contributed by atoms with Gasteiger partial charge in [-0.05, 0) is 36.5 Å². The minimum atomic E-state index is -0.0419. The predicted molar refractivity (Wildman–Crippen MR) is 144 cm³/mol. The molecule has 0 rings (SSSR count). The summed E-state index contributed by atoms with van der Waals surface area (Å²) in [4.78, 5) is 24.0. The molecule has 0 aliphatic carbocycles. The van der Waals surface area contributed by atoms with E-state index in [2.05, 4.69) is 41.5 Å². The summed E-state index contributed by atoms with van der Waals surface area (Å²) in [6, 6.07) is 0. The predicted octanol–water partition coefficient (Wildman–Crippen LogP) is 9.19. The molecule has 0 saturated carbocycles. The highest BCUT2D eigenvalue weighted by atomic mass is 16.5. The van der Waals surface area contributed by atoms with Crippen LogP contribution >= 0.6 is 0 Å². The van der Waals surface area contributed by atoms with Crippen LogP contribution in [0.2, 0.25) is 0 Å². The Balaban J connectivity index is 3.56. The molecule has 0 saturated heterocycles. The van der Waals surface area contributed by atoms with E-state index in [-0.39, 0.29) is 22.8 Å². The smallest absolute Gasteiger partial charge is 0.305 e. The summed E-state index contributed by atoms with van der Waals surface area (Å²) in [5.74, 6) is -0.0837. The summed E-state index contributed by atoms with van der Waals surface area (Å²) in [6.07, 6.45) is 19.5. The number of rotatable bonds is 23. The van der Waals surface area contributed by atoms with Crippen LogP contribution in [0.25, 0.3) is 0 Å². The van der Waals surface area contributed by atoms with E-state index in [0.29, 0.717) is 26.1 Å². The van der Waals surface area contributed by atoms with Gasteiger partial charge in [0.25, 0.3) is 0 Å². The largest absolute Gasteiger partial charge is 0.465 e. The zero-order chi connectivity index (χ0) is 25.7. The van der Waals surface area contributed by atoms with Crippen molar-refractivity contribution in [1.82, 2.24) is 0 Å². The van der Waals surface area contributed by atoms with Crippen LogP contribution in [0.4, 0.5) is 0 Å². The molecule has 0 radical (unpaired) electrons. The van der Waals surface area contributed by atoms with Gasteiger partial charge in [-0.25, -0.2) is 0 Å². The molecule has 0 bridgehead atoms. The topological polar surface area (TPSA) is 52.6 Å². The summed E-state index contributed by atoms with van der Waals surface area (Å²) >= 11 is 0. The third-order valence-electron chi connectivity index (χ3n) is 6.67. The van der Waals surface area contributed by atoms with Gasteiger partial charge in [0.2, 0.25) is 0 Å². The maximum atomic E-state index is 12.0. The Kier molecular flexibility index (Phi) is 19.5. The maximum Gasteiger partial charge on any atom is 0.305 e. The first kappa shape index (κ1) is 32.9. The van der Waals surface area contributed by atoms with Crippen molar-refractivity contribution in [3.05, 3.63) is 0 Å². The van der Waals surface area contributed by atoms with Gasteiger partial charge in [-0.1, -0.05) is 119 Å². The van der Waals surface area contributed by atoms with Crippen molar-refractivity contribution < 1.29 is 19.1 Å². The van der Waals surface area contributed by atoms with Crippen LogP contribution in [0.1, 0.15) is 157 Å². The summed E-state index contributed by atoms with van der Waals surface area (Å²) < 4.78 is 11.0. The molecule has 0 atom stereocenters. The fraction of sp³-hybridized carbons (Fsp3) is 0.933. The van der Waals surface area contributed by atoms with Crippen LogP contribution in [0.3, 0.4) is 0 Å². The van der Waals surface area contributed by atoms with E-state index < -0.39 is 0 Å².